The lowest BCUT2D eigenvalue weighted by atomic mass is 10.2. The summed E-state index contributed by atoms with van der Waals surface area (Å²) in [5, 5.41) is 0. The molecule has 0 saturated carbocycles. The minimum atomic E-state index is 1.10. The fourth-order valence-electron chi connectivity index (χ4n) is 0.969. The number of rotatable bonds is 3. The molecule has 0 spiro atoms. The van der Waals surface area contributed by atoms with Crippen molar-refractivity contribution in [2.45, 2.75) is 26.8 Å². The highest BCUT2D eigenvalue weighted by atomic mass is 14.9. The van der Waals surface area contributed by atoms with Gasteiger partial charge in [-0.15, -0.1) is 0 Å². The summed E-state index contributed by atoms with van der Waals surface area (Å²) in [5.41, 5.74) is 1.46. The Labute approximate surface area is 68.4 Å². The van der Waals surface area contributed by atoms with E-state index in [-0.39, 0.29) is 0 Å². The molecule has 60 valence electrons. The second-order valence-electron chi connectivity index (χ2n) is 2.81. The Morgan fingerprint density at radius 2 is 2.00 bits per heavy atom. The van der Waals surface area contributed by atoms with Crippen molar-refractivity contribution in [2.24, 2.45) is 0 Å². The average Bonchev–Trinajstić information content (AvgIpc) is 2.52. The first kappa shape index (κ1) is 8.12. The van der Waals surface area contributed by atoms with Crippen molar-refractivity contribution in [3.8, 4) is 0 Å². The summed E-state index contributed by atoms with van der Waals surface area (Å²) >= 11 is 0. The molecule has 0 aliphatic rings. The monoisotopic (exact) mass is 149 g/mol. The predicted molar refractivity (Wildman–Crippen MR) is 48.5 cm³/mol. The Kier molecular flexibility index (Phi) is 2.96. The lowest BCUT2D eigenvalue weighted by Crippen LogP contribution is -1.93. The van der Waals surface area contributed by atoms with E-state index in [9.17, 15) is 0 Å². The molecule has 1 heteroatoms. The van der Waals surface area contributed by atoms with Gasteiger partial charge in [-0.3, -0.25) is 0 Å². The lowest BCUT2D eigenvalue weighted by Gasteiger charge is -2.01. The average molecular weight is 149 g/mol. The summed E-state index contributed by atoms with van der Waals surface area (Å²) < 4.78 is 2.20. The summed E-state index contributed by atoms with van der Waals surface area (Å²) in [4.78, 5) is 0. The maximum absolute atomic E-state index is 2.20. The third-order valence-electron chi connectivity index (χ3n) is 1.92. The van der Waals surface area contributed by atoms with Crippen LogP contribution < -0.4 is 0 Å². The molecule has 0 saturated heterocycles. The Morgan fingerprint density at radius 3 is 2.55 bits per heavy atom. The van der Waals surface area contributed by atoms with Crippen LogP contribution in [0, 0.1) is 0 Å². The summed E-state index contributed by atoms with van der Waals surface area (Å²) in [6.45, 7) is 5.36. The second-order valence-corrected chi connectivity index (χ2v) is 2.81. The van der Waals surface area contributed by atoms with Crippen molar-refractivity contribution in [3.05, 3.63) is 36.2 Å². The summed E-state index contributed by atoms with van der Waals surface area (Å²) in [5.74, 6) is 0. The van der Waals surface area contributed by atoms with Crippen LogP contribution in [0.5, 0.6) is 0 Å². The van der Waals surface area contributed by atoms with Crippen LogP contribution >= 0.6 is 0 Å². The molecule has 1 aromatic rings. The van der Waals surface area contributed by atoms with E-state index in [0.29, 0.717) is 0 Å². The molecule has 0 aliphatic heterocycles. The highest BCUT2D eigenvalue weighted by Crippen LogP contribution is 2.02. The molecule has 1 aromatic heterocycles. The maximum Gasteiger partial charge on any atom is 0.0256 e. The minimum absolute atomic E-state index is 1.10. The first-order chi connectivity index (χ1) is 5.33. The Balaban J connectivity index is 2.35. The van der Waals surface area contributed by atoms with Crippen molar-refractivity contribution in [1.82, 2.24) is 4.57 Å². The molecular formula is C10H15N. The summed E-state index contributed by atoms with van der Waals surface area (Å²) in [7, 11) is 0. The fourth-order valence-corrected chi connectivity index (χ4v) is 0.969. The van der Waals surface area contributed by atoms with Crippen molar-refractivity contribution >= 4 is 0 Å². The summed E-state index contributed by atoms with van der Waals surface area (Å²) in [6.07, 6.45) is 7.53. The first-order valence-corrected chi connectivity index (χ1v) is 4.05. The van der Waals surface area contributed by atoms with Crippen molar-refractivity contribution in [2.75, 3.05) is 0 Å². The zero-order valence-corrected chi connectivity index (χ0v) is 7.25. The molecular weight excluding hydrogens is 134 g/mol. The molecule has 0 radical (unpaired) electrons. The number of hydrogen-bond acceptors (Lipinski definition) is 0. The van der Waals surface area contributed by atoms with Gasteiger partial charge >= 0.3 is 0 Å². The van der Waals surface area contributed by atoms with E-state index in [0.717, 1.165) is 13.0 Å². The Bertz CT molecular complexity index is 219. The molecule has 0 N–H and O–H groups in total. The second kappa shape index (κ2) is 4.02. The van der Waals surface area contributed by atoms with Gasteiger partial charge in [-0.25, -0.2) is 0 Å². The van der Waals surface area contributed by atoms with E-state index in [1.165, 1.54) is 5.57 Å². The Hall–Kier alpha value is -0.980. The number of nitrogens with zero attached hydrogens (tertiary/aromatic N) is 1. The van der Waals surface area contributed by atoms with Gasteiger partial charge in [0.15, 0.2) is 0 Å². The SMILES string of the molecule is C/C=C(/C)CCn1cccc1. The third kappa shape index (κ3) is 2.62. The van der Waals surface area contributed by atoms with Crippen LogP contribution in [0.15, 0.2) is 36.2 Å². The lowest BCUT2D eigenvalue weighted by molar-refractivity contribution is 0.696. The van der Waals surface area contributed by atoms with E-state index >= 15 is 0 Å². The van der Waals surface area contributed by atoms with Crippen LogP contribution in [0.25, 0.3) is 0 Å². The van der Waals surface area contributed by atoms with Gasteiger partial charge in [0.25, 0.3) is 0 Å². The molecule has 0 bridgehead atoms. The number of aromatic nitrogens is 1. The van der Waals surface area contributed by atoms with E-state index in [1.54, 1.807) is 0 Å². The van der Waals surface area contributed by atoms with Crippen LogP contribution in [0.4, 0.5) is 0 Å². The van der Waals surface area contributed by atoms with Crippen molar-refractivity contribution in [3.63, 3.8) is 0 Å². The number of aryl methyl sites for hydroxylation is 1. The molecule has 0 amide bonds. The van der Waals surface area contributed by atoms with Crippen molar-refractivity contribution in [1.29, 1.82) is 0 Å². The molecule has 0 aromatic carbocycles. The number of allylic oxidation sites excluding steroid dienone is 2. The molecule has 0 atom stereocenters. The molecule has 0 unspecified atom stereocenters. The smallest absolute Gasteiger partial charge is 0.0256 e. The quantitative estimate of drug-likeness (QED) is 0.582. The van der Waals surface area contributed by atoms with Crippen LogP contribution in [0.1, 0.15) is 20.3 Å². The minimum Gasteiger partial charge on any atom is -0.354 e. The van der Waals surface area contributed by atoms with Crippen LogP contribution in [-0.4, -0.2) is 4.57 Å². The Morgan fingerprint density at radius 1 is 1.36 bits per heavy atom. The maximum atomic E-state index is 2.20. The van der Waals surface area contributed by atoms with Gasteiger partial charge in [0.2, 0.25) is 0 Å². The van der Waals surface area contributed by atoms with Gasteiger partial charge in [-0.1, -0.05) is 11.6 Å². The van der Waals surface area contributed by atoms with Crippen LogP contribution in [0.3, 0.4) is 0 Å². The van der Waals surface area contributed by atoms with Gasteiger partial charge in [-0.05, 0) is 32.4 Å². The summed E-state index contributed by atoms with van der Waals surface area (Å²) in [6, 6.07) is 4.12. The van der Waals surface area contributed by atoms with Gasteiger partial charge in [0.1, 0.15) is 0 Å². The van der Waals surface area contributed by atoms with Gasteiger partial charge < -0.3 is 4.57 Å². The highest BCUT2D eigenvalue weighted by molar-refractivity contribution is 4.97. The molecule has 0 aliphatic carbocycles. The predicted octanol–water partition coefficient (Wildman–Crippen LogP) is 2.84. The van der Waals surface area contributed by atoms with E-state index in [4.69, 9.17) is 0 Å². The zero-order chi connectivity index (χ0) is 8.10. The van der Waals surface area contributed by atoms with Crippen molar-refractivity contribution < 1.29 is 0 Å². The zero-order valence-electron chi connectivity index (χ0n) is 7.25. The molecule has 1 rings (SSSR count). The third-order valence-corrected chi connectivity index (χ3v) is 1.92. The highest BCUT2D eigenvalue weighted by Gasteiger charge is 1.89. The molecule has 1 heterocycles. The van der Waals surface area contributed by atoms with Gasteiger partial charge in [-0.2, -0.15) is 0 Å². The first-order valence-electron chi connectivity index (χ1n) is 4.05. The molecule has 0 fully saturated rings. The number of hydrogen-bond donors (Lipinski definition) is 0. The topological polar surface area (TPSA) is 4.93 Å². The molecule has 11 heavy (non-hydrogen) atoms. The van der Waals surface area contributed by atoms with Gasteiger partial charge in [0.05, 0.1) is 0 Å². The normalized spacial score (nSPS) is 12.0. The van der Waals surface area contributed by atoms with Crippen LogP contribution in [0.2, 0.25) is 0 Å². The van der Waals surface area contributed by atoms with E-state index in [2.05, 4.69) is 49.0 Å². The van der Waals surface area contributed by atoms with Crippen LogP contribution in [-0.2, 0) is 6.54 Å². The molecule has 1 nitrogen and oxygen atoms in total. The van der Waals surface area contributed by atoms with E-state index in [1.807, 2.05) is 0 Å². The van der Waals surface area contributed by atoms with Gasteiger partial charge in [0, 0.05) is 18.9 Å². The largest absolute Gasteiger partial charge is 0.354 e. The fraction of sp³-hybridized carbons (Fsp3) is 0.400. The standard InChI is InChI=1S/C10H15N/c1-3-10(2)6-9-11-7-4-5-8-11/h3-5,7-8H,6,9H2,1-2H3/b10-3-. The van der Waals surface area contributed by atoms with E-state index < -0.39 is 0 Å².